The third-order valence-electron chi connectivity index (χ3n) is 3.38. The lowest BCUT2D eigenvalue weighted by molar-refractivity contribution is -0.123. The van der Waals surface area contributed by atoms with Crippen LogP contribution in [0.4, 0.5) is 0 Å². The van der Waals surface area contributed by atoms with Crippen molar-refractivity contribution in [3.05, 3.63) is 33.8 Å². The van der Waals surface area contributed by atoms with Crippen LogP contribution in [0.3, 0.4) is 0 Å². The Morgan fingerprint density at radius 3 is 2.10 bits per heavy atom. The summed E-state index contributed by atoms with van der Waals surface area (Å²) >= 11 is 12.2. The normalized spacial score (nSPS) is 12.2. The summed E-state index contributed by atoms with van der Waals surface area (Å²) in [6.07, 6.45) is 3.44. The average Bonchev–Trinajstić information content (AvgIpc) is 2.42. The van der Waals surface area contributed by atoms with E-state index >= 15 is 0 Å². The Bertz CT molecular complexity index is 481. The maximum Gasteiger partial charge on any atom is 0.157 e. The van der Waals surface area contributed by atoms with Gasteiger partial charge in [0.15, 0.2) is 5.78 Å². The number of carbonyl (C=O) groups excluding carboxylic acids is 1. The molecule has 0 fully saturated rings. The predicted octanol–water partition coefficient (Wildman–Crippen LogP) is 5.39. The minimum absolute atomic E-state index is 0.0637. The molecule has 0 saturated carbocycles. The monoisotopic (exact) mass is 311 g/mol. The van der Waals surface area contributed by atoms with Gasteiger partial charge >= 0.3 is 0 Å². The van der Waals surface area contributed by atoms with Crippen molar-refractivity contribution in [1.29, 1.82) is 5.26 Å². The van der Waals surface area contributed by atoms with Crippen molar-refractivity contribution in [3.63, 3.8) is 0 Å². The van der Waals surface area contributed by atoms with E-state index in [2.05, 4.69) is 6.07 Å². The summed E-state index contributed by atoms with van der Waals surface area (Å²) in [5.74, 6) is -1.03. The molecule has 1 rings (SSSR count). The summed E-state index contributed by atoms with van der Waals surface area (Å²) in [7, 11) is 0. The van der Waals surface area contributed by atoms with Crippen LogP contribution in [0.15, 0.2) is 18.2 Å². The molecule has 0 aliphatic heterocycles. The second kappa shape index (κ2) is 8.29. The van der Waals surface area contributed by atoms with Gasteiger partial charge in [-0.25, -0.2) is 0 Å². The van der Waals surface area contributed by atoms with E-state index in [4.69, 9.17) is 23.2 Å². The van der Waals surface area contributed by atoms with Gasteiger partial charge in [-0.1, -0.05) is 56.0 Å². The molecule has 0 spiro atoms. The molecule has 0 N–H and O–H groups in total. The first kappa shape index (κ1) is 17.0. The number of rotatable bonds is 7. The highest BCUT2D eigenvalue weighted by atomic mass is 35.5. The second-order valence-electron chi connectivity index (χ2n) is 4.87. The number of Topliss-reactive ketones (excluding diaryl/α,β-unsaturated/α-hetero) is 1. The van der Waals surface area contributed by atoms with Gasteiger partial charge in [-0.15, -0.1) is 0 Å². The molecule has 0 aromatic heterocycles. The van der Waals surface area contributed by atoms with E-state index in [1.807, 2.05) is 13.8 Å². The molecular formula is C16H19Cl2NO. The predicted molar refractivity (Wildman–Crippen MR) is 83.1 cm³/mol. The topological polar surface area (TPSA) is 40.9 Å². The second-order valence-corrected chi connectivity index (χ2v) is 5.69. The Morgan fingerprint density at radius 2 is 1.70 bits per heavy atom. The number of carbonyl (C=O) groups is 1. The number of halogens is 2. The number of hydrogen-bond acceptors (Lipinski definition) is 2. The minimum atomic E-state index is -0.876. The zero-order valence-corrected chi connectivity index (χ0v) is 13.3. The first-order valence-corrected chi connectivity index (χ1v) is 7.69. The Balaban J connectivity index is 3.12. The molecule has 0 amide bonds. The van der Waals surface area contributed by atoms with Gasteiger partial charge in [0.25, 0.3) is 0 Å². The zero-order chi connectivity index (χ0) is 15.1. The number of hydrogen-bond donors (Lipinski definition) is 0. The first-order chi connectivity index (χ1) is 9.56. The molecule has 1 unspecified atom stereocenters. The molecule has 0 saturated heterocycles. The van der Waals surface area contributed by atoms with Crippen LogP contribution >= 0.6 is 23.2 Å². The van der Waals surface area contributed by atoms with Crippen LogP contribution in [0.1, 0.15) is 51.0 Å². The van der Waals surface area contributed by atoms with Gasteiger partial charge in [0.05, 0.1) is 6.07 Å². The number of benzene rings is 1. The third kappa shape index (κ3) is 3.98. The fourth-order valence-electron chi connectivity index (χ4n) is 2.42. The van der Waals surface area contributed by atoms with Crippen molar-refractivity contribution in [2.24, 2.45) is 5.92 Å². The van der Waals surface area contributed by atoms with E-state index in [1.54, 1.807) is 18.2 Å². The van der Waals surface area contributed by atoms with Gasteiger partial charge in [-0.3, -0.25) is 4.79 Å². The van der Waals surface area contributed by atoms with Crippen LogP contribution in [0.5, 0.6) is 0 Å². The number of nitrogens with zero attached hydrogens (tertiary/aromatic N) is 1. The molecule has 0 bridgehead atoms. The van der Waals surface area contributed by atoms with Crippen molar-refractivity contribution in [1.82, 2.24) is 0 Å². The summed E-state index contributed by atoms with van der Waals surface area (Å²) in [5.41, 5.74) is 0.445. The van der Waals surface area contributed by atoms with Gasteiger partial charge < -0.3 is 0 Å². The maximum absolute atomic E-state index is 12.6. The molecule has 20 heavy (non-hydrogen) atoms. The summed E-state index contributed by atoms with van der Waals surface area (Å²) in [5, 5.41) is 10.2. The molecule has 0 aliphatic rings. The molecule has 0 aliphatic carbocycles. The summed E-state index contributed by atoms with van der Waals surface area (Å²) < 4.78 is 0. The van der Waals surface area contributed by atoms with Crippen molar-refractivity contribution < 1.29 is 4.79 Å². The van der Waals surface area contributed by atoms with E-state index in [0.29, 0.717) is 15.6 Å². The average molecular weight is 312 g/mol. The lowest BCUT2D eigenvalue weighted by atomic mass is 9.83. The Hall–Kier alpha value is -1.04. The van der Waals surface area contributed by atoms with Crippen LogP contribution in [0, 0.1) is 17.2 Å². The number of ketones is 1. The molecule has 0 heterocycles. The summed E-state index contributed by atoms with van der Waals surface area (Å²) in [4.78, 5) is 12.6. The van der Waals surface area contributed by atoms with Crippen LogP contribution in [0.2, 0.25) is 10.0 Å². The van der Waals surface area contributed by atoms with Gasteiger partial charge in [0.1, 0.15) is 5.92 Å². The minimum Gasteiger partial charge on any atom is -0.298 e. The lowest BCUT2D eigenvalue weighted by Gasteiger charge is -2.19. The Labute approximate surface area is 130 Å². The Morgan fingerprint density at radius 1 is 1.20 bits per heavy atom. The molecule has 1 aromatic rings. The fraction of sp³-hybridized carbons (Fsp3) is 0.500. The van der Waals surface area contributed by atoms with Crippen LogP contribution in [-0.2, 0) is 4.79 Å². The first-order valence-electron chi connectivity index (χ1n) is 6.94. The van der Waals surface area contributed by atoms with E-state index < -0.39 is 5.92 Å². The van der Waals surface area contributed by atoms with Crippen molar-refractivity contribution in [2.75, 3.05) is 0 Å². The van der Waals surface area contributed by atoms with Crippen molar-refractivity contribution in [2.45, 2.75) is 45.4 Å². The third-order valence-corrected chi connectivity index (χ3v) is 4.04. The molecule has 2 nitrogen and oxygen atoms in total. The van der Waals surface area contributed by atoms with Gasteiger partial charge in [-0.05, 0) is 25.0 Å². The highest BCUT2D eigenvalue weighted by molar-refractivity contribution is 6.36. The molecule has 0 radical (unpaired) electrons. The van der Waals surface area contributed by atoms with Crippen molar-refractivity contribution in [3.8, 4) is 6.07 Å². The highest BCUT2D eigenvalue weighted by Gasteiger charge is 2.30. The standard InChI is InChI=1S/C16H19Cl2NO/c1-3-6-11(7-4-2)16(20)12(10-19)15-13(17)8-5-9-14(15)18/h5,8-9,11-12H,3-4,6-7H2,1-2H3. The van der Waals surface area contributed by atoms with Crippen LogP contribution < -0.4 is 0 Å². The Kier molecular flexibility index (Phi) is 7.05. The van der Waals surface area contributed by atoms with Gasteiger partial charge in [0.2, 0.25) is 0 Å². The molecule has 1 aromatic carbocycles. The van der Waals surface area contributed by atoms with E-state index in [9.17, 15) is 10.1 Å². The SMILES string of the molecule is CCCC(CCC)C(=O)C(C#N)c1c(Cl)cccc1Cl. The molecular weight excluding hydrogens is 293 g/mol. The lowest BCUT2D eigenvalue weighted by Crippen LogP contribution is -2.22. The summed E-state index contributed by atoms with van der Waals surface area (Å²) in [6.45, 7) is 4.08. The smallest absolute Gasteiger partial charge is 0.157 e. The zero-order valence-electron chi connectivity index (χ0n) is 11.8. The molecule has 4 heteroatoms. The number of nitriles is 1. The van der Waals surface area contributed by atoms with Crippen LogP contribution in [-0.4, -0.2) is 5.78 Å². The van der Waals surface area contributed by atoms with Gasteiger partial charge in [-0.2, -0.15) is 5.26 Å². The van der Waals surface area contributed by atoms with E-state index in [0.717, 1.165) is 25.7 Å². The highest BCUT2D eigenvalue weighted by Crippen LogP contribution is 2.34. The quantitative estimate of drug-likeness (QED) is 0.677. The van der Waals surface area contributed by atoms with Crippen LogP contribution in [0.25, 0.3) is 0 Å². The van der Waals surface area contributed by atoms with E-state index in [-0.39, 0.29) is 11.7 Å². The van der Waals surface area contributed by atoms with Gasteiger partial charge in [0, 0.05) is 21.5 Å². The molecule has 1 atom stereocenters. The van der Waals surface area contributed by atoms with E-state index in [1.165, 1.54) is 0 Å². The largest absolute Gasteiger partial charge is 0.298 e. The maximum atomic E-state index is 12.6. The molecule has 108 valence electrons. The summed E-state index contributed by atoms with van der Waals surface area (Å²) in [6, 6.07) is 7.11. The van der Waals surface area contributed by atoms with Crippen molar-refractivity contribution >= 4 is 29.0 Å². The fourth-order valence-corrected chi connectivity index (χ4v) is 3.03.